The van der Waals surface area contributed by atoms with Gasteiger partial charge < -0.3 is 10.1 Å². The zero-order valence-electron chi connectivity index (χ0n) is 9.73. The van der Waals surface area contributed by atoms with Crippen LogP contribution in [0.1, 0.15) is 23.7 Å². The molecule has 0 bridgehead atoms. The predicted octanol–water partition coefficient (Wildman–Crippen LogP) is 1.74. The van der Waals surface area contributed by atoms with Gasteiger partial charge in [0, 0.05) is 12.6 Å². The molecule has 0 aliphatic carbocycles. The number of benzene rings is 1. The molecule has 0 saturated carbocycles. The summed E-state index contributed by atoms with van der Waals surface area (Å²) in [7, 11) is 1.30. The molecule has 17 heavy (non-hydrogen) atoms. The second kappa shape index (κ2) is 5.83. The molecule has 1 amide bonds. The molecule has 0 spiro atoms. The van der Waals surface area contributed by atoms with Gasteiger partial charge in [-0.25, -0.2) is 0 Å². The van der Waals surface area contributed by atoms with Gasteiger partial charge in [0.05, 0.1) is 17.6 Å². The van der Waals surface area contributed by atoms with Gasteiger partial charge in [-0.3, -0.25) is 14.9 Å². The third-order valence-corrected chi connectivity index (χ3v) is 2.18. The van der Waals surface area contributed by atoms with Crippen molar-refractivity contribution in [2.24, 2.45) is 0 Å². The van der Waals surface area contributed by atoms with Gasteiger partial charge in [0.2, 0.25) is 5.75 Å². The van der Waals surface area contributed by atoms with Gasteiger partial charge >= 0.3 is 5.69 Å². The van der Waals surface area contributed by atoms with Gasteiger partial charge in [-0.05, 0) is 12.5 Å². The number of nitro benzene ring substituents is 1. The van der Waals surface area contributed by atoms with Crippen molar-refractivity contribution in [2.75, 3.05) is 13.7 Å². The van der Waals surface area contributed by atoms with Gasteiger partial charge in [-0.15, -0.1) is 0 Å². The van der Waals surface area contributed by atoms with Crippen LogP contribution in [-0.4, -0.2) is 24.5 Å². The lowest BCUT2D eigenvalue weighted by molar-refractivity contribution is -0.385. The molecule has 0 unspecified atom stereocenters. The van der Waals surface area contributed by atoms with Crippen LogP contribution in [0.5, 0.6) is 5.75 Å². The number of nitro groups is 1. The monoisotopic (exact) mass is 238 g/mol. The van der Waals surface area contributed by atoms with Crippen molar-refractivity contribution in [3.05, 3.63) is 33.9 Å². The summed E-state index contributed by atoms with van der Waals surface area (Å²) in [5.41, 5.74) is -0.0354. The zero-order valence-corrected chi connectivity index (χ0v) is 9.73. The van der Waals surface area contributed by atoms with Gasteiger partial charge in [-0.1, -0.05) is 13.0 Å². The number of rotatable bonds is 5. The van der Waals surface area contributed by atoms with Crippen molar-refractivity contribution >= 4 is 11.6 Å². The summed E-state index contributed by atoms with van der Waals surface area (Å²) < 4.78 is 4.94. The number of hydrogen-bond donors (Lipinski definition) is 1. The molecule has 0 aromatic heterocycles. The highest BCUT2D eigenvalue weighted by Crippen LogP contribution is 2.30. The van der Waals surface area contributed by atoms with Crippen molar-refractivity contribution in [1.82, 2.24) is 5.32 Å². The third-order valence-electron chi connectivity index (χ3n) is 2.18. The number of nitrogens with zero attached hydrogens (tertiary/aromatic N) is 1. The van der Waals surface area contributed by atoms with Crippen molar-refractivity contribution in [1.29, 1.82) is 0 Å². The molecule has 0 radical (unpaired) electrons. The minimum absolute atomic E-state index is 0.00824. The Bertz CT molecular complexity index is 431. The maximum Gasteiger partial charge on any atom is 0.311 e. The average Bonchev–Trinajstić information content (AvgIpc) is 2.34. The van der Waals surface area contributed by atoms with Crippen molar-refractivity contribution < 1.29 is 14.5 Å². The van der Waals surface area contributed by atoms with E-state index in [1.165, 1.54) is 25.3 Å². The quantitative estimate of drug-likeness (QED) is 0.625. The molecule has 0 heterocycles. The minimum Gasteiger partial charge on any atom is -0.490 e. The van der Waals surface area contributed by atoms with E-state index in [9.17, 15) is 14.9 Å². The van der Waals surface area contributed by atoms with E-state index >= 15 is 0 Å². The lowest BCUT2D eigenvalue weighted by Gasteiger charge is -2.08. The van der Waals surface area contributed by atoms with Crippen molar-refractivity contribution in [2.45, 2.75) is 13.3 Å². The summed E-state index contributed by atoms with van der Waals surface area (Å²) in [6.07, 6.45) is 0.795. The van der Waals surface area contributed by atoms with Crippen LogP contribution in [-0.2, 0) is 0 Å². The molecular formula is C11H14N2O4. The van der Waals surface area contributed by atoms with Crippen molar-refractivity contribution in [3.8, 4) is 5.75 Å². The highest BCUT2D eigenvalue weighted by molar-refractivity contribution is 5.98. The highest BCUT2D eigenvalue weighted by atomic mass is 16.6. The summed E-state index contributed by atoms with van der Waals surface area (Å²) in [5, 5.41) is 13.4. The molecule has 92 valence electrons. The Labute approximate surface area is 98.7 Å². The van der Waals surface area contributed by atoms with E-state index in [4.69, 9.17) is 4.74 Å². The van der Waals surface area contributed by atoms with Crippen LogP contribution in [0.4, 0.5) is 5.69 Å². The summed E-state index contributed by atoms with van der Waals surface area (Å²) in [4.78, 5) is 21.9. The largest absolute Gasteiger partial charge is 0.490 e. The lowest BCUT2D eigenvalue weighted by Crippen LogP contribution is -2.24. The molecule has 0 saturated heterocycles. The van der Waals surface area contributed by atoms with E-state index in [1.54, 1.807) is 0 Å². The first-order valence-electron chi connectivity index (χ1n) is 5.21. The molecule has 1 N–H and O–H groups in total. The third kappa shape index (κ3) is 2.93. The van der Waals surface area contributed by atoms with E-state index in [0.29, 0.717) is 6.54 Å². The summed E-state index contributed by atoms with van der Waals surface area (Å²) in [5.74, 6) is -0.376. The van der Waals surface area contributed by atoms with Crippen LogP contribution in [0, 0.1) is 10.1 Å². The van der Waals surface area contributed by atoms with E-state index in [1.807, 2.05) is 6.92 Å². The number of carbonyl (C=O) groups is 1. The average molecular weight is 238 g/mol. The number of carbonyl (C=O) groups excluding carboxylic acids is 1. The fourth-order valence-corrected chi connectivity index (χ4v) is 1.40. The van der Waals surface area contributed by atoms with Crippen LogP contribution < -0.4 is 10.1 Å². The molecule has 0 fully saturated rings. The molecule has 0 aliphatic rings. The number of para-hydroxylation sites is 1. The van der Waals surface area contributed by atoms with Gasteiger partial charge in [0.15, 0.2) is 0 Å². The van der Waals surface area contributed by atoms with Crippen LogP contribution in [0.2, 0.25) is 0 Å². The van der Waals surface area contributed by atoms with E-state index in [2.05, 4.69) is 5.32 Å². The molecule has 1 rings (SSSR count). The predicted molar refractivity (Wildman–Crippen MR) is 62.3 cm³/mol. The molecule has 1 aromatic carbocycles. The SMILES string of the molecule is CCCNC(=O)c1cccc([N+](=O)[O-])c1OC. The fourth-order valence-electron chi connectivity index (χ4n) is 1.40. The Balaban J connectivity index is 3.11. The second-order valence-corrected chi connectivity index (χ2v) is 3.37. The molecule has 1 aromatic rings. The topological polar surface area (TPSA) is 81.5 Å². The van der Waals surface area contributed by atoms with Gasteiger partial charge in [0.1, 0.15) is 0 Å². The summed E-state index contributed by atoms with van der Waals surface area (Å²) >= 11 is 0. The first kappa shape index (κ1) is 13.0. The minimum atomic E-state index is -0.574. The number of amides is 1. The smallest absolute Gasteiger partial charge is 0.311 e. The Morgan fingerprint density at radius 1 is 1.53 bits per heavy atom. The molecule has 6 heteroatoms. The fraction of sp³-hybridized carbons (Fsp3) is 0.364. The van der Waals surface area contributed by atoms with Crippen LogP contribution in [0.15, 0.2) is 18.2 Å². The normalized spacial score (nSPS) is 9.76. The van der Waals surface area contributed by atoms with E-state index < -0.39 is 4.92 Å². The van der Waals surface area contributed by atoms with Crippen molar-refractivity contribution in [3.63, 3.8) is 0 Å². The number of methoxy groups -OCH3 is 1. The maximum absolute atomic E-state index is 11.7. The number of nitrogens with one attached hydrogen (secondary N) is 1. The van der Waals surface area contributed by atoms with Crippen LogP contribution in [0.3, 0.4) is 0 Å². The lowest BCUT2D eigenvalue weighted by atomic mass is 10.1. The van der Waals surface area contributed by atoms with Gasteiger partial charge in [-0.2, -0.15) is 0 Å². The first-order valence-corrected chi connectivity index (χ1v) is 5.21. The molecule has 0 atom stereocenters. The summed E-state index contributed by atoms with van der Waals surface area (Å²) in [6.45, 7) is 2.44. The van der Waals surface area contributed by atoms with E-state index in [-0.39, 0.29) is 22.9 Å². The number of ether oxygens (including phenoxy) is 1. The Kier molecular flexibility index (Phi) is 4.45. The van der Waals surface area contributed by atoms with Crippen LogP contribution in [0.25, 0.3) is 0 Å². The highest BCUT2D eigenvalue weighted by Gasteiger charge is 2.21. The Hall–Kier alpha value is -2.11. The Morgan fingerprint density at radius 3 is 2.76 bits per heavy atom. The zero-order chi connectivity index (χ0) is 12.8. The molecule has 0 aliphatic heterocycles. The van der Waals surface area contributed by atoms with Gasteiger partial charge in [0.25, 0.3) is 5.91 Å². The molecule has 6 nitrogen and oxygen atoms in total. The van der Waals surface area contributed by atoms with Crippen LogP contribution >= 0.6 is 0 Å². The standard InChI is InChI=1S/C11H14N2O4/c1-3-7-12-11(14)8-5-4-6-9(13(15)16)10(8)17-2/h4-6H,3,7H2,1-2H3,(H,12,14). The number of hydrogen-bond acceptors (Lipinski definition) is 4. The molecular weight excluding hydrogens is 224 g/mol. The summed E-state index contributed by atoms with van der Waals surface area (Å²) in [6, 6.07) is 4.26. The second-order valence-electron chi connectivity index (χ2n) is 3.37. The Morgan fingerprint density at radius 2 is 2.24 bits per heavy atom. The van der Waals surface area contributed by atoms with E-state index in [0.717, 1.165) is 6.42 Å². The first-order chi connectivity index (χ1) is 8.11. The maximum atomic E-state index is 11.7.